The number of carbonyl (C=O) groups excluding carboxylic acids is 1. The van der Waals surface area contributed by atoms with E-state index < -0.39 is 0 Å². The molecule has 2 atom stereocenters. The molecule has 0 aromatic carbocycles. The highest BCUT2D eigenvalue weighted by Gasteiger charge is 2.25. The van der Waals surface area contributed by atoms with Gasteiger partial charge in [-0.3, -0.25) is 4.79 Å². The van der Waals surface area contributed by atoms with Gasteiger partial charge in [0.05, 0.1) is 0 Å². The number of likely N-dealkylation sites (tertiary alicyclic amines) is 1. The topological polar surface area (TPSA) is 32.3 Å². The first-order chi connectivity index (χ1) is 5.24. The molecule has 1 aliphatic rings. The van der Waals surface area contributed by atoms with Crippen LogP contribution in [0.3, 0.4) is 0 Å². The van der Waals surface area contributed by atoms with Crippen molar-refractivity contribution in [2.75, 3.05) is 20.1 Å². The summed E-state index contributed by atoms with van der Waals surface area (Å²) in [6, 6.07) is 0.551. The lowest BCUT2D eigenvalue weighted by atomic mass is 10.1. The summed E-state index contributed by atoms with van der Waals surface area (Å²) in [5.41, 5.74) is 0. The van der Waals surface area contributed by atoms with Gasteiger partial charge in [-0.2, -0.15) is 0 Å². The summed E-state index contributed by atoms with van der Waals surface area (Å²) < 4.78 is 0. The van der Waals surface area contributed by atoms with Crippen LogP contribution in [0.4, 0.5) is 0 Å². The first-order valence-corrected chi connectivity index (χ1v) is 4.11. The highest BCUT2D eigenvalue weighted by molar-refractivity contribution is 5.45. The van der Waals surface area contributed by atoms with Gasteiger partial charge in [-0.1, -0.05) is 6.92 Å². The largest absolute Gasteiger partial charge is 0.357 e. The van der Waals surface area contributed by atoms with Crippen LogP contribution in [0.25, 0.3) is 0 Å². The third-order valence-electron chi connectivity index (χ3n) is 2.33. The Morgan fingerprint density at radius 2 is 2.45 bits per heavy atom. The van der Waals surface area contributed by atoms with E-state index in [1.54, 1.807) is 0 Å². The normalized spacial score (nSPS) is 32.2. The van der Waals surface area contributed by atoms with Crippen LogP contribution < -0.4 is 5.32 Å². The summed E-state index contributed by atoms with van der Waals surface area (Å²) in [5, 5.41) is 2.72. The molecule has 64 valence electrons. The van der Waals surface area contributed by atoms with E-state index >= 15 is 0 Å². The molecular formula is C8H16N2O. The molecule has 0 bridgehead atoms. The molecule has 3 heteroatoms. The van der Waals surface area contributed by atoms with Crippen LogP contribution >= 0.6 is 0 Å². The van der Waals surface area contributed by atoms with Gasteiger partial charge < -0.3 is 10.2 Å². The Bertz CT molecular complexity index is 138. The predicted molar refractivity (Wildman–Crippen MR) is 44.3 cm³/mol. The summed E-state index contributed by atoms with van der Waals surface area (Å²) in [4.78, 5) is 12.3. The molecule has 0 radical (unpaired) electrons. The molecule has 1 fully saturated rings. The minimum Gasteiger partial charge on any atom is -0.357 e. The average Bonchev–Trinajstić information content (AvgIpc) is 2.26. The van der Waals surface area contributed by atoms with Crippen molar-refractivity contribution >= 4 is 6.41 Å². The van der Waals surface area contributed by atoms with E-state index in [0.717, 1.165) is 25.4 Å². The van der Waals surface area contributed by atoms with Gasteiger partial charge in [0.1, 0.15) is 0 Å². The second-order valence-corrected chi connectivity index (χ2v) is 3.46. The second kappa shape index (κ2) is 3.72. The monoisotopic (exact) mass is 156 g/mol. The van der Waals surface area contributed by atoms with Crippen LogP contribution in [0.15, 0.2) is 0 Å². The van der Waals surface area contributed by atoms with E-state index in [0.29, 0.717) is 6.04 Å². The summed E-state index contributed by atoms with van der Waals surface area (Å²) in [6.07, 6.45) is 1.98. The number of likely N-dealkylation sites (N-methyl/N-ethyl adjacent to an activating group) is 1. The van der Waals surface area contributed by atoms with E-state index in [2.05, 4.69) is 24.2 Å². The van der Waals surface area contributed by atoms with E-state index in [1.165, 1.54) is 6.42 Å². The fraction of sp³-hybridized carbons (Fsp3) is 0.875. The van der Waals surface area contributed by atoms with Crippen LogP contribution in [0.2, 0.25) is 0 Å². The van der Waals surface area contributed by atoms with Crippen molar-refractivity contribution in [3.05, 3.63) is 0 Å². The molecule has 1 saturated heterocycles. The SMILES string of the molecule is C[C@H]1C[C@@H](CNC=O)N(C)C1. The molecule has 0 saturated carbocycles. The molecule has 3 nitrogen and oxygen atoms in total. The molecule has 0 aromatic heterocycles. The molecular weight excluding hydrogens is 140 g/mol. The van der Waals surface area contributed by atoms with E-state index in [-0.39, 0.29) is 0 Å². The highest BCUT2D eigenvalue weighted by Crippen LogP contribution is 2.19. The van der Waals surface area contributed by atoms with Crippen LogP contribution in [0.1, 0.15) is 13.3 Å². The fourth-order valence-electron chi connectivity index (χ4n) is 1.78. The highest BCUT2D eigenvalue weighted by atomic mass is 16.1. The third-order valence-corrected chi connectivity index (χ3v) is 2.33. The van der Waals surface area contributed by atoms with Crippen molar-refractivity contribution in [1.82, 2.24) is 10.2 Å². The Labute approximate surface area is 67.8 Å². The maximum Gasteiger partial charge on any atom is 0.207 e. The minimum atomic E-state index is 0.551. The standard InChI is InChI=1S/C8H16N2O/c1-7-3-8(4-9-6-11)10(2)5-7/h6-8H,3-5H2,1-2H3,(H,9,11)/t7-,8-/m0/s1. The average molecular weight is 156 g/mol. The van der Waals surface area contributed by atoms with Gasteiger partial charge >= 0.3 is 0 Å². The molecule has 1 heterocycles. The number of carbonyl (C=O) groups is 1. The summed E-state index contributed by atoms with van der Waals surface area (Å²) in [6.45, 7) is 4.20. The lowest BCUT2D eigenvalue weighted by Gasteiger charge is -2.17. The molecule has 1 aliphatic heterocycles. The quantitative estimate of drug-likeness (QED) is 0.587. The van der Waals surface area contributed by atoms with Crippen molar-refractivity contribution in [2.24, 2.45) is 5.92 Å². The number of rotatable bonds is 3. The smallest absolute Gasteiger partial charge is 0.207 e. The van der Waals surface area contributed by atoms with Crippen molar-refractivity contribution < 1.29 is 4.79 Å². The zero-order valence-corrected chi connectivity index (χ0v) is 7.21. The van der Waals surface area contributed by atoms with Crippen LogP contribution in [0, 0.1) is 5.92 Å². The molecule has 0 aliphatic carbocycles. The zero-order chi connectivity index (χ0) is 8.27. The molecule has 1 N–H and O–H groups in total. The van der Waals surface area contributed by atoms with E-state index in [1.807, 2.05) is 0 Å². The molecule has 0 spiro atoms. The maximum absolute atomic E-state index is 10.0. The van der Waals surface area contributed by atoms with Crippen molar-refractivity contribution in [3.8, 4) is 0 Å². The number of nitrogens with zero attached hydrogens (tertiary/aromatic N) is 1. The Morgan fingerprint density at radius 3 is 2.91 bits per heavy atom. The third kappa shape index (κ3) is 2.19. The summed E-state index contributed by atoms with van der Waals surface area (Å²) >= 11 is 0. The van der Waals surface area contributed by atoms with Gasteiger partial charge in [0.2, 0.25) is 6.41 Å². The van der Waals surface area contributed by atoms with Gasteiger partial charge in [0, 0.05) is 19.1 Å². The Kier molecular flexibility index (Phi) is 2.88. The molecule has 1 rings (SSSR count). The van der Waals surface area contributed by atoms with Crippen LogP contribution in [-0.2, 0) is 4.79 Å². The summed E-state index contributed by atoms with van der Waals surface area (Å²) in [7, 11) is 2.11. The summed E-state index contributed by atoms with van der Waals surface area (Å²) in [5.74, 6) is 0.776. The van der Waals surface area contributed by atoms with Gasteiger partial charge in [0.25, 0.3) is 0 Å². The number of hydrogen-bond acceptors (Lipinski definition) is 2. The van der Waals surface area contributed by atoms with Gasteiger partial charge in [-0.15, -0.1) is 0 Å². The van der Waals surface area contributed by atoms with Gasteiger partial charge in [-0.05, 0) is 19.4 Å². The first-order valence-electron chi connectivity index (χ1n) is 4.11. The lowest BCUT2D eigenvalue weighted by molar-refractivity contribution is -0.109. The lowest BCUT2D eigenvalue weighted by Crippen LogP contribution is -2.34. The number of hydrogen-bond donors (Lipinski definition) is 1. The maximum atomic E-state index is 10.0. The first kappa shape index (κ1) is 8.53. The molecule has 0 unspecified atom stereocenters. The molecule has 0 aromatic rings. The minimum absolute atomic E-state index is 0.551. The number of nitrogens with one attached hydrogen (secondary N) is 1. The number of amides is 1. The van der Waals surface area contributed by atoms with Crippen molar-refractivity contribution in [3.63, 3.8) is 0 Å². The van der Waals surface area contributed by atoms with Gasteiger partial charge in [-0.25, -0.2) is 0 Å². The van der Waals surface area contributed by atoms with Crippen LogP contribution in [0.5, 0.6) is 0 Å². The molecule has 11 heavy (non-hydrogen) atoms. The van der Waals surface area contributed by atoms with Crippen molar-refractivity contribution in [2.45, 2.75) is 19.4 Å². The van der Waals surface area contributed by atoms with E-state index in [9.17, 15) is 4.79 Å². The Hall–Kier alpha value is -0.570. The fourth-order valence-corrected chi connectivity index (χ4v) is 1.78. The zero-order valence-electron chi connectivity index (χ0n) is 7.21. The predicted octanol–water partition coefficient (Wildman–Crippen LogP) is 0.0726. The second-order valence-electron chi connectivity index (χ2n) is 3.46. The van der Waals surface area contributed by atoms with E-state index in [4.69, 9.17) is 0 Å². The molecule has 1 amide bonds. The van der Waals surface area contributed by atoms with Crippen LogP contribution in [-0.4, -0.2) is 37.5 Å². The Balaban J connectivity index is 2.28. The Morgan fingerprint density at radius 1 is 1.73 bits per heavy atom. The van der Waals surface area contributed by atoms with Crippen molar-refractivity contribution in [1.29, 1.82) is 0 Å². The van der Waals surface area contributed by atoms with Gasteiger partial charge in [0.15, 0.2) is 0 Å².